The lowest BCUT2D eigenvalue weighted by Gasteiger charge is -2.29. The molecule has 0 aromatic carbocycles. The van der Waals surface area contributed by atoms with Gasteiger partial charge in [0.05, 0.1) is 6.07 Å². The number of aromatic nitrogens is 2. The third kappa shape index (κ3) is 3.67. The molecule has 1 heterocycles. The molecule has 0 aliphatic heterocycles. The highest BCUT2D eigenvalue weighted by molar-refractivity contribution is 8.02. The molecule has 1 aromatic heterocycles. The van der Waals surface area contributed by atoms with Gasteiger partial charge < -0.3 is 0 Å². The number of rotatable bonds is 7. The molecule has 0 bridgehead atoms. The molecule has 7 heteroatoms. The van der Waals surface area contributed by atoms with Crippen LogP contribution in [0.3, 0.4) is 0 Å². The van der Waals surface area contributed by atoms with Crippen LogP contribution in [0.5, 0.6) is 0 Å². The fraction of sp³-hybridized carbons (Fsp3) is 0.769. The summed E-state index contributed by atoms with van der Waals surface area (Å²) in [4.78, 5) is 0. The first-order valence-electron chi connectivity index (χ1n) is 6.90. The third-order valence-electron chi connectivity index (χ3n) is 3.77. The average Bonchev–Trinajstić information content (AvgIpc) is 3.07. The van der Waals surface area contributed by atoms with Crippen molar-refractivity contribution in [2.45, 2.75) is 46.8 Å². The van der Waals surface area contributed by atoms with Crippen LogP contribution in [0.15, 0.2) is 8.68 Å². The van der Waals surface area contributed by atoms with Crippen molar-refractivity contribution in [3.63, 3.8) is 0 Å². The summed E-state index contributed by atoms with van der Waals surface area (Å²) in [6.45, 7) is 2.94. The van der Waals surface area contributed by atoms with E-state index in [1.165, 1.54) is 0 Å². The Morgan fingerprint density at radius 2 is 2.30 bits per heavy atom. The molecule has 0 radical (unpaired) electrons. The van der Waals surface area contributed by atoms with E-state index in [-0.39, 0.29) is 5.54 Å². The first-order chi connectivity index (χ1) is 9.74. The summed E-state index contributed by atoms with van der Waals surface area (Å²) in [6, 6.07) is 2.54. The first-order valence-corrected chi connectivity index (χ1v) is 9.93. The van der Waals surface area contributed by atoms with Gasteiger partial charge in [-0.15, -0.1) is 10.2 Å². The van der Waals surface area contributed by atoms with Crippen LogP contribution in [0, 0.1) is 17.2 Å². The minimum absolute atomic E-state index is 0.291. The fourth-order valence-electron chi connectivity index (χ4n) is 2.83. The minimum atomic E-state index is -0.291. The van der Waals surface area contributed by atoms with Crippen molar-refractivity contribution >= 4 is 34.9 Å². The van der Waals surface area contributed by atoms with E-state index in [0.29, 0.717) is 5.92 Å². The van der Waals surface area contributed by atoms with Gasteiger partial charge in [0, 0.05) is 5.75 Å². The molecule has 1 fully saturated rings. The monoisotopic (exact) mass is 328 g/mol. The second-order valence-electron chi connectivity index (χ2n) is 4.88. The zero-order chi connectivity index (χ0) is 14.4. The van der Waals surface area contributed by atoms with Crippen LogP contribution >= 0.6 is 34.9 Å². The zero-order valence-corrected chi connectivity index (χ0v) is 14.3. The molecule has 20 heavy (non-hydrogen) atoms. The molecule has 2 atom stereocenters. The van der Waals surface area contributed by atoms with Crippen LogP contribution < -0.4 is 5.32 Å². The molecule has 0 saturated heterocycles. The number of thioether (sulfide) groups is 2. The highest BCUT2D eigenvalue weighted by atomic mass is 32.2. The Labute approximate surface area is 133 Å². The Kier molecular flexibility index (Phi) is 6.15. The van der Waals surface area contributed by atoms with Gasteiger partial charge in [-0.1, -0.05) is 48.2 Å². The molecule has 110 valence electrons. The maximum absolute atomic E-state index is 9.53. The largest absolute Gasteiger partial charge is 0.299 e. The zero-order valence-electron chi connectivity index (χ0n) is 11.9. The highest BCUT2D eigenvalue weighted by Crippen LogP contribution is 2.39. The van der Waals surface area contributed by atoms with Crippen LogP contribution in [-0.4, -0.2) is 34.3 Å². The molecule has 2 rings (SSSR count). The van der Waals surface area contributed by atoms with Gasteiger partial charge in [0.25, 0.3) is 0 Å². The molecule has 0 spiro atoms. The van der Waals surface area contributed by atoms with Gasteiger partial charge in [0.2, 0.25) is 0 Å². The lowest BCUT2D eigenvalue weighted by Crippen LogP contribution is -2.47. The van der Waals surface area contributed by atoms with E-state index in [9.17, 15) is 5.26 Å². The van der Waals surface area contributed by atoms with E-state index in [1.807, 2.05) is 6.26 Å². The Hall–Kier alpha value is -0.290. The fourth-order valence-corrected chi connectivity index (χ4v) is 5.39. The van der Waals surface area contributed by atoms with Gasteiger partial charge in [-0.25, -0.2) is 0 Å². The predicted octanol–water partition coefficient (Wildman–Crippen LogP) is 3.41. The van der Waals surface area contributed by atoms with E-state index in [0.717, 1.165) is 46.7 Å². The van der Waals surface area contributed by atoms with Crippen LogP contribution in [0.2, 0.25) is 0 Å². The maximum atomic E-state index is 9.53. The van der Waals surface area contributed by atoms with Crippen molar-refractivity contribution in [1.82, 2.24) is 15.5 Å². The molecule has 0 amide bonds. The summed E-state index contributed by atoms with van der Waals surface area (Å²) < 4.78 is 2.06. The lowest BCUT2D eigenvalue weighted by molar-refractivity contribution is 0.317. The molecule has 4 nitrogen and oxygen atoms in total. The topological polar surface area (TPSA) is 61.6 Å². The van der Waals surface area contributed by atoms with Crippen molar-refractivity contribution in [1.29, 1.82) is 5.26 Å². The Morgan fingerprint density at radius 1 is 1.50 bits per heavy atom. The van der Waals surface area contributed by atoms with Crippen molar-refractivity contribution in [3.8, 4) is 6.07 Å². The number of hydrogen-bond donors (Lipinski definition) is 1. The van der Waals surface area contributed by atoms with Crippen molar-refractivity contribution in [2.75, 3.05) is 18.6 Å². The first kappa shape index (κ1) is 16.1. The van der Waals surface area contributed by atoms with Gasteiger partial charge in [0.1, 0.15) is 5.54 Å². The quantitative estimate of drug-likeness (QED) is 0.774. The highest BCUT2D eigenvalue weighted by Gasteiger charge is 2.42. The second kappa shape index (κ2) is 7.64. The van der Waals surface area contributed by atoms with Crippen molar-refractivity contribution in [3.05, 3.63) is 0 Å². The summed E-state index contributed by atoms with van der Waals surface area (Å²) in [5.74, 6) is 1.48. The molecule has 1 saturated carbocycles. The van der Waals surface area contributed by atoms with Crippen LogP contribution in [0.4, 0.5) is 0 Å². The number of nitrogens with one attached hydrogen (secondary N) is 1. The van der Waals surface area contributed by atoms with Crippen LogP contribution in [0.1, 0.15) is 32.6 Å². The number of nitrogens with zero attached hydrogens (tertiary/aromatic N) is 3. The molecular formula is C13H20N4S3. The van der Waals surface area contributed by atoms with Gasteiger partial charge in [-0.05, 0) is 38.0 Å². The number of hydrogen-bond acceptors (Lipinski definition) is 7. The van der Waals surface area contributed by atoms with Crippen LogP contribution in [-0.2, 0) is 0 Å². The van der Waals surface area contributed by atoms with Gasteiger partial charge in [-0.2, -0.15) is 5.26 Å². The lowest BCUT2D eigenvalue weighted by atomic mass is 9.86. The van der Waals surface area contributed by atoms with Crippen molar-refractivity contribution in [2.24, 2.45) is 5.92 Å². The SMILES string of the molecule is CCNC1(C#N)CCCC1CCSc1nnc(SC)s1. The second-order valence-corrected chi connectivity index (χ2v) is 8.25. The van der Waals surface area contributed by atoms with Gasteiger partial charge in [0.15, 0.2) is 8.68 Å². The third-order valence-corrected chi connectivity index (χ3v) is 6.83. The summed E-state index contributed by atoms with van der Waals surface area (Å²) >= 11 is 5.06. The Balaban J connectivity index is 1.85. The predicted molar refractivity (Wildman–Crippen MR) is 86.4 cm³/mol. The number of nitriles is 1. The molecule has 2 unspecified atom stereocenters. The van der Waals surface area contributed by atoms with E-state index in [4.69, 9.17) is 0 Å². The smallest absolute Gasteiger partial charge is 0.175 e. The maximum Gasteiger partial charge on any atom is 0.175 e. The normalized spacial score (nSPS) is 25.8. The standard InChI is InChI=1S/C13H20N4S3/c1-3-15-13(9-14)7-4-5-10(13)6-8-19-12-17-16-11(18-2)20-12/h10,15H,3-8H2,1-2H3. The van der Waals surface area contributed by atoms with E-state index >= 15 is 0 Å². The summed E-state index contributed by atoms with van der Waals surface area (Å²) in [6.07, 6.45) is 6.39. The van der Waals surface area contributed by atoms with Crippen LogP contribution in [0.25, 0.3) is 0 Å². The summed E-state index contributed by atoms with van der Waals surface area (Å²) in [7, 11) is 0. The average molecular weight is 329 g/mol. The van der Waals surface area contributed by atoms with Crippen molar-refractivity contribution < 1.29 is 0 Å². The van der Waals surface area contributed by atoms with E-state index < -0.39 is 0 Å². The van der Waals surface area contributed by atoms with E-state index in [1.54, 1.807) is 34.9 Å². The van der Waals surface area contributed by atoms with Gasteiger partial charge in [-0.3, -0.25) is 5.32 Å². The summed E-state index contributed by atoms with van der Waals surface area (Å²) in [5.41, 5.74) is -0.291. The Morgan fingerprint density at radius 3 is 2.95 bits per heavy atom. The summed E-state index contributed by atoms with van der Waals surface area (Å²) in [5, 5.41) is 21.2. The molecule has 1 aliphatic carbocycles. The van der Waals surface area contributed by atoms with E-state index in [2.05, 4.69) is 28.5 Å². The Bertz CT molecular complexity index is 470. The van der Waals surface area contributed by atoms with Gasteiger partial charge >= 0.3 is 0 Å². The molecule has 1 aromatic rings. The minimum Gasteiger partial charge on any atom is -0.299 e. The molecule has 1 N–H and O–H groups in total. The molecule has 1 aliphatic rings. The molecular weight excluding hydrogens is 308 g/mol.